The van der Waals surface area contributed by atoms with Crippen LogP contribution in [0, 0.1) is 13.8 Å². The quantitative estimate of drug-likeness (QED) is 0.534. The molecule has 0 fully saturated rings. The first-order valence-corrected chi connectivity index (χ1v) is 8.66. The minimum Gasteiger partial charge on any atom is -0.452 e. The van der Waals surface area contributed by atoms with E-state index in [1.807, 2.05) is 19.1 Å². The van der Waals surface area contributed by atoms with Gasteiger partial charge in [-0.2, -0.15) is 0 Å². The van der Waals surface area contributed by atoms with Crippen LogP contribution in [-0.2, 0) is 9.53 Å². The molecule has 2 aromatic rings. The van der Waals surface area contributed by atoms with Crippen molar-refractivity contribution in [1.82, 2.24) is 0 Å². The van der Waals surface area contributed by atoms with Crippen molar-refractivity contribution in [3.63, 3.8) is 0 Å². The van der Waals surface area contributed by atoms with Crippen LogP contribution in [-0.4, -0.2) is 18.5 Å². The maximum Gasteiger partial charge on any atom is 0.340 e. The van der Waals surface area contributed by atoms with Crippen molar-refractivity contribution in [1.29, 1.82) is 0 Å². The summed E-state index contributed by atoms with van der Waals surface area (Å²) in [4.78, 5) is 24.1. The van der Waals surface area contributed by atoms with Crippen molar-refractivity contribution in [3.05, 3.63) is 56.0 Å². The fourth-order valence-corrected chi connectivity index (χ4v) is 3.68. The number of hydrogen-bond acceptors (Lipinski definition) is 4. The molecule has 0 saturated carbocycles. The number of hydrogen-bond donors (Lipinski definition) is 2. The van der Waals surface area contributed by atoms with Crippen molar-refractivity contribution in [2.45, 2.75) is 13.8 Å². The Morgan fingerprint density at radius 2 is 1.79 bits per heavy atom. The van der Waals surface area contributed by atoms with Gasteiger partial charge < -0.3 is 15.8 Å². The van der Waals surface area contributed by atoms with E-state index in [-0.39, 0.29) is 5.56 Å². The van der Waals surface area contributed by atoms with E-state index in [4.69, 9.17) is 10.5 Å². The number of benzene rings is 2. The van der Waals surface area contributed by atoms with Gasteiger partial charge in [-0.3, -0.25) is 4.79 Å². The number of amides is 1. The number of rotatable bonds is 4. The molecule has 126 valence electrons. The molecule has 0 aliphatic carbocycles. The highest BCUT2D eigenvalue weighted by Crippen LogP contribution is 2.32. The second-order valence-corrected chi connectivity index (χ2v) is 6.97. The SMILES string of the molecule is Cc1cc(Br)c(NC(=O)COC(=O)c2cccc(C)c2N)c(Br)c1. The van der Waals surface area contributed by atoms with E-state index in [1.165, 1.54) is 0 Å². The Morgan fingerprint density at radius 1 is 1.17 bits per heavy atom. The summed E-state index contributed by atoms with van der Waals surface area (Å²) in [6.07, 6.45) is 0. The highest BCUT2D eigenvalue weighted by molar-refractivity contribution is 9.11. The first-order chi connectivity index (χ1) is 11.3. The highest BCUT2D eigenvalue weighted by Gasteiger charge is 2.15. The number of ether oxygens (including phenoxy) is 1. The van der Waals surface area contributed by atoms with Gasteiger partial charge in [0.05, 0.1) is 11.3 Å². The number of nitrogens with two attached hydrogens (primary N) is 1. The summed E-state index contributed by atoms with van der Waals surface area (Å²) in [6.45, 7) is 3.33. The first-order valence-electron chi connectivity index (χ1n) is 7.07. The molecule has 1 amide bonds. The number of nitrogens with one attached hydrogen (secondary N) is 1. The van der Waals surface area contributed by atoms with E-state index < -0.39 is 18.5 Å². The third-order valence-electron chi connectivity index (χ3n) is 3.33. The molecule has 5 nitrogen and oxygen atoms in total. The van der Waals surface area contributed by atoms with Crippen molar-refractivity contribution >= 4 is 55.1 Å². The first kappa shape index (κ1) is 18.5. The van der Waals surface area contributed by atoms with Gasteiger partial charge in [0, 0.05) is 14.6 Å². The van der Waals surface area contributed by atoms with Crippen LogP contribution in [0.4, 0.5) is 11.4 Å². The molecule has 0 bridgehead atoms. The number of nitrogen functional groups attached to an aromatic ring is 1. The summed E-state index contributed by atoms with van der Waals surface area (Å²) in [7, 11) is 0. The Kier molecular flexibility index (Phi) is 6.01. The summed E-state index contributed by atoms with van der Waals surface area (Å²) in [5, 5.41) is 2.70. The number of para-hydroxylation sites is 1. The summed E-state index contributed by atoms with van der Waals surface area (Å²) in [5.74, 6) is -1.08. The second-order valence-electron chi connectivity index (χ2n) is 5.26. The zero-order chi connectivity index (χ0) is 17.9. The van der Waals surface area contributed by atoms with Crippen LogP contribution >= 0.6 is 31.9 Å². The van der Waals surface area contributed by atoms with Gasteiger partial charge in [0.25, 0.3) is 5.91 Å². The third-order valence-corrected chi connectivity index (χ3v) is 4.58. The highest BCUT2D eigenvalue weighted by atomic mass is 79.9. The molecule has 0 atom stereocenters. The lowest BCUT2D eigenvalue weighted by molar-refractivity contribution is -0.119. The van der Waals surface area contributed by atoms with E-state index >= 15 is 0 Å². The largest absolute Gasteiger partial charge is 0.452 e. The maximum atomic E-state index is 12.1. The lowest BCUT2D eigenvalue weighted by Gasteiger charge is -2.12. The van der Waals surface area contributed by atoms with Crippen LogP contribution in [0.25, 0.3) is 0 Å². The molecule has 3 N–H and O–H groups in total. The van der Waals surface area contributed by atoms with Gasteiger partial charge in [-0.1, -0.05) is 12.1 Å². The van der Waals surface area contributed by atoms with E-state index in [1.54, 1.807) is 25.1 Å². The monoisotopic (exact) mass is 454 g/mol. The zero-order valence-electron chi connectivity index (χ0n) is 13.2. The standard InChI is InChI=1S/C17H16Br2N2O3/c1-9-6-12(18)16(13(19)7-9)21-14(22)8-24-17(23)11-5-3-4-10(2)15(11)20/h3-7H,8,20H2,1-2H3,(H,21,22). The number of anilines is 2. The molecule has 7 heteroatoms. The lowest BCUT2D eigenvalue weighted by atomic mass is 10.1. The van der Waals surface area contributed by atoms with Crippen LogP contribution in [0.5, 0.6) is 0 Å². The second kappa shape index (κ2) is 7.81. The van der Waals surface area contributed by atoms with Gasteiger partial charge in [-0.15, -0.1) is 0 Å². The molecule has 0 spiro atoms. The summed E-state index contributed by atoms with van der Waals surface area (Å²) in [6, 6.07) is 8.82. The van der Waals surface area contributed by atoms with Gasteiger partial charge in [0.1, 0.15) is 0 Å². The molecular weight excluding hydrogens is 440 g/mol. The van der Waals surface area contributed by atoms with E-state index in [0.717, 1.165) is 20.1 Å². The number of carbonyl (C=O) groups is 2. The van der Waals surface area contributed by atoms with Crippen molar-refractivity contribution in [2.75, 3.05) is 17.7 Å². The molecule has 0 aliphatic heterocycles. The Balaban J connectivity index is 2.01. The number of halogens is 2. The van der Waals surface area contributed by atoms with Gasteiger partial charge in [-0.05, 0) is 75.0 Å². The minimum atomic E-state index is -0.631. The molecule has 2 aromatic carbocycles. The van der Waals surface area contributed by atoms with Crippen LogP contribution in [0.15, 0.2) is 39.3 Å². The van der Waals surface area contributed by atoms with Gasteiger partial charge in [0.15, 0.2) is 6.61 Å². The normalized spacial score (nSPS) is 10.3. The zero-order valence-corrected chi connectivity index (χ0v) is 16.3. The molecule has 2 rings (SSSR count). The molecule has 0 heterocycles. The Morgan fingerprint density at radius 3 is 2.42 bits per heavy atom. The van der Waals surface area contributed by atoms with Gasteiger partial charge in [-0.25, -0.2) is 4.79 Å². The lowest BCUT2D eigenvalue weighted by Crippen LogP contribution is -2.22. The molecule has 24 heavy (non-hydrogen) atoms. The van der Waals surface area contributed by atoms with Crippen molar-refractivity contribution in [2.24, 2.45) is 0 Å². The topological polar surface area (TPSA) is 81.4 Å². The summed E-state index contributed by atoms with van der Waals surface area (Å²) in [5.41, 5.74) is 8.85. The smallest absolute Gasteiger partial charge is 0.340 e. The fraction of sp³-hybridized carbons (Fsp3) is 0.176. The predicted octanol–water partition coefficient (Wildman–Crippen LogP) is 4.21. The molecule has 0 unspecified atom stereocenters. The van der Waals surface area contributed by atoms with E-state index in [2.05, 4.69) is 37.2 Å². The average molecular weight is 456 g/mol. The summed E-state index contributed by atoms with van der Waals surface area (Å²) < 4.78 is 6.51. The molecule has 0 aromatic heterocycles. The fourth-order valence-electron chi connectivity index (χ4n) is 2.06. The van der Waals surface area contributed by atoms with Crippen LogP contribution in [0.3, 0.4) is 0 Å². The molecule has 0 aliphatic rings. The summed E-state index contributed by atoms with van der Waals surface area (Å²) >= 11 is 6.78. The van der Waals surface area contributed by atoms with Gasteiger partial charge >= 0.3 is 5.97 Å². The average Bonchev–Trinajstić information content (AvgIpc) is 2.51. The number of esters is 1. The molecule has 0 saturated heterocycles. The van der Waals surface area contributed by atoms with Crippen LogP contribution < -0.4 is 11.1 Å². The van der Waals surface area contributed by atoms with Crippen LogP contribution in [0.2, 0.25) is 0 Å². The Bertz CT molecular complexity index is 783. The maximum absolute atomic E-state index is 12.1. The minimum absolute atomic E-state index is 0.250. The Hall–Kier alpha value is -1.86. The Labute approximate surface area is 156 Å². The molecule has 0 radical (unpaired) electrons. The number of carbonyl (C=O) groups excluding carboxylic acids is 2. The van der Waals surface area contributed by atoms with Gasteiger partial charge in [0.2, 0.25) is 0 Å². The van der Waals surface area contributed by atoms with E-state index in [0.29, 0.717) is 11.4 Å². The van der Waals surface area contributed by atoms with E-state index in [9.17, 15) is 9.59 Å². The predicted molar refractivity (Wildman–Crippen MR) is 101 cm³/mol. The van der Waals surface area contributed by atoms with Crippen molar-refractivity contribution < 1.29 is 14.3 Å². The van der Waals surface area contributed by atoms with Crippen molar-refractivity contribution in [3.8, 4) is 0 Å². The molecular formula is C17H16Br2N2O3. The van der Waals surface area contributed by atoms with Crippen LogP contribution in [0.1, 0.15) is 21.5 Å². The third kappa shape index (κ3) is 4.36. The number of aryl methyl sites for hydroxylation is 2.